The fraction of sp³-hybridized carbons (Fsp3) is 0.0500. The molecule has 0 heterocycles. The summed E-state index contributed by atoms with van der Waals surface area (Å²) in [5.41, 5.74) is 1.58. The van der Waals surface area contributed by atoms with Crippen LogP contribution in [0.2, 0.25) is 0 Å². The fourth-order valence-corrected chi connectivity index (χ4v) is 2.52. The van der Waals surface area contributed by atoms with E-state index in [0.29, 0.717) is 11.4 Å². The Morgan fingerprint density at radius 3 is 1.96 bits per heavy atom. The number of hydrogen-bond donors (Lipinski definition) is 2. The van der Waals surface area contributed by atoms with Crippen molar-refractivity contribution in [3.05, 3.63) is 84.4 Å². The molecule has 0 amide bonds. The van der Waals surface area contributed by atoms with Crippen molar-refractivity contribution in [3.8, 4) is 0 Å². The highest BCUT2D eigenvalue weighted by atomic mass is 32.1. The number of anilines is 2. The van der Waals surface area contributed by atoms with E-state index in [4.69, 9.17) is 12.2 Å². The van der Waals surface area contributed by atoms with Gasteiger partial charge in [0.25, 0.3) is 0 Å². The van der Waals surface area contributed by atoms with Crippen LogP contribution in [0.15, 0.2) is 89.1 Å². The fourth-order valence-electron chi connectivity index (χ4n) is 2.29. The first-order valence-electron chi connectivity index (χ1n) is 8.22. The molecule has 3 rings (SSSR count). The first-order valence-corrected chi connectivity index (χ1v) is 8.63. The number of nitrogens with zero attached hydrogens (tertiary/aromatic N) is 2. The molecular weight excluding hydrogens is 385 g/mol. The van der Waals surface area contributed by atoms with Crippen LogP contribution < -0.4 is 10.6 Å². The lowest BCUT2D eigenvalue weighted by Crippen LogP contribution is -2.19. The standard InChI is InChI=1S/C20H15F3N4S/c21-20(22,23)14-5-4-8-18(13-14)25-19(28)24-15-9-11-17(12-10-15)27-26-16-6-2-1-3-7-16/h1-13H,(H2,24,25,28). The third kappa shape index (κ3) is 5.62. The van der Waals surface area contributed by atoms with Crippen LogP contribution in [0.5, 0.6) is 0 Å². The van der Waals surface area contributed by atoms with Crippen molar-refractivity contribution in [1.29, 1.82) is 0 Å². The van der Waals surface area contributed by atoms with Gasteiger partial charge in [-0.1, -0.05) is 24.3 Å². The quantitative estimate of drug-likeness (QED) is 0.369. The molecular formula is C20H15F3N4S. The lowest BCUT2D eigenvalue weighted by Gasteiger charge is -2.12. The Bertz CT molecular complexity index is 971. The minimum absolute atomic E-state index is 0.179. The summed E-state index contributed by atoms with van der Waals surface area (Å²) in [6.07, 6.45) is -4.41. The normalized spacial score (nSPS) is 11.4. The summed E-state index contributed by atoms with van der Waals surface area (Å²) in [5.74, 6) is 0. The van der Waals surface area contributed by atoms with Gasteiger partial charge in [0.1, 0.15) is 0 Å². The van der Waals surface area contributed by atoms with Gasteiger partial charge < -0.3 is 10.6 Å². The summed E-state index contributed by atoms with van der Waals surface area (Å²) in [6.45, 7) is 0. The summed E-state index contributed by atoms with van der Waals surface area (Å²) in [7, 11) is 0. The molecule has 0 aliphatic carbocycles. The van der Waals surface area contributed by atoms with Crippen molar-refractivity contribution in [2.45, 2.75) is 6.18 Å². The van der Waals surface area contributed by atoms with Crippen LogP contribution in [0.3, 0.4) is 0 Å². The molecule has 0 spiro atoms. The highest BCUT2D eigenvalue weighted by Crippen LogP contribution is 2.30. The summed E-state index contributed by atoms with van der Waals surface area (Å²) in [6, 6.07) is 21.2. The van der Waals surface area contributed by atoms with Gasteiger partial charge in [0, 0.05) is 11.4 Å². The maximum atomic E-state index is 12.8. The Hall–Kier alpha value is -3.26. The van der Waals surface area contributed by atoms with E-state index in [0.717, 1.165) is 17.8 Å². The van der Waals surface area contributed by atoms with Gasteiger partial charge in [-0.15, -0.1) is 0 Å². The molecule has 4 nitrogen and oxygen atoms in total. The number of rotatable bonds is 4. The first kappa shape index (κ1) is 19.5. The topological polar surface area (TPSA) is 48.8 Å². The number of alkyl halides is 3. The zero-order valence-electron chi connectivity index (χ0n) is 14.4. The average Bonchev–Trinajstić information content (AvgIpc) is 2.68. The Balaban J connectivity index is 1.60. The van der Waals surface area contributed by atoms with E-state index in [2.05, 4.69) is 20.9 Å². The Kier molecular flexibility index (Phi) is 6.00. The molecule has 0 aliphatic heterocycles. The molecule has 3 aromatic rings. The largest absolute Gasteiger partial charge is 0.416 e. The van der Waals surface area contributed by atoms with Gasteiger partial charge in [-0.05, 0) is 66.8 Å². The molecule has 0 aromatic heterocycles. The number of hydrogen-bond acceptors (Lipinski definition) is 3. The van der Waals surface area contributed by atoms with Crippen LogP contribution in [0.1, 0.15) is 5.56 Å². The van der Waals surface area contributed by atoms with Crippen LogP contribution in [-0.2, 0) is 6.18 Å². The number of thiocarbonyl (C=S) groups is 1. The van der Waals surface area contributed by atoms with E-state index < -0.39 is 11.7 Å². The Labute approximate surface area is 165 Å². The van der Waals surface area contributed by atoms with Crippen LogP contribution >= 0.6 is 12.2 Å². The zero-order chi connectivity index (χ0) is 20.0. The number of azo groups is 1. The molecule has 28 heavy (non-hydrogen) atoms. The molecule has 0 radical (unpaired) electrons. The third-order valence-corrected chi connectivity index (χ3v) is 3.81. The van der Waals surface area contributed by atoms with Crippen molar-refractivity contribution in [1.82, 2.24) is 0 Å². The predicted octanol–water partition coefficient (Wildman–Crippen LogP) is 6.93. The SMILES string of the molecule is FC(F)(F)c1cccc(NC(=S)Nc2ccc(N=Nc3ccccc3)cc2)c1. The highest BCUT2D eigenvalue weighted by Gasteiger charge is 2.30. The zero-order valence-corrected chi connectivity index (χ0v) is 15.3. The van der Waals surface area contributed by atoms with Gasteiger partial charge in [-0.25, -0.2) is 0 Å². The Morgan fingerprint density at radius 2 is 1.32 bits per heavy atom. The van der Waals surface area contributed by atoms with Crippen molar-refractivity contribution in [2.75, 3.05) is 10.6 Å². The van der Waals surface area contributed by atoms with Crippen molar-refractivity contribution in [3.63, 3.8) is 0 Å². The van der Waals surface area contributed by atoms with Gasteiger partial charge in [0.15, 0.2) is 5.11 Å². The molecule has 0 atom stereocenters. The van der Waals surface area contributed by atoms with Gasteiger partial charge in [0.05, 0.1) is 16.9 Å². The van der Waals surface area contributed by atoms with Gasteiger partial charge in [-0.3, -0.25) is 0 Å². The van der Waals surface area contributed by atoms with Crippen molar-refractivity contribution >= 4 is 40.1 Å². The van der Waals surface area contributed by atoms with E-state index in [1.165, 1.54) is 12.1 Å². The predicted molar refractivity (Wildman–Crippen MR) is 108 cm³/mol. The van der Waals surface area contributed by atoms with Crippen molar-refractivity contribution in [2.24, 2.45) is 10.2 Å². The van der Waals surface area contributed by atoms with E-state index in [1.54, 1.807) is 24.3 Å². The molecule has 0 saturated carbocycles. The molecule has 0 unspecified atom stereocenters. The minimum atomic E-state index is -4.41. The molecule has 2 N–H and O–H groups in total. The van der Waals surface area contributed by atoms with Crippen LogP contribution in [-0.4, -0.2) is 5.11 Å². The average molecular weight is 400 g/mol. The Morgan fingerprint density at radius 1 is 0.714 bits per heavy atom. The molecule has 0 fully saturated rings. The molecule has 0 bridgehead atoms. The second-order valence-electron chi connectivity index (χ2n) is 5.74. The number of halogens is 3. The second-order valence-corrected chi connectivity index (χ2v) is 6.15. The number of benzene rings is 3. The summed E-state index contributed by atoms with van der Waals surface area (Å²) in [5, 5.41) is 14.1. The summed E-state index contributed by atoms with van der Waals surface area (Å²) in [4.78, 5) is 0. The molecule has 0 saturated heterocycles. The van der Waals surface area contributed by atoms with E-state index in [-0.39, 0.29) is 10.8 Å². The molecule has 0 aliphatic rings. The highest BCUT2D eigenvalue weighted by molar-refractivity contribution is 7.80. The van der Waals surface area contributed by atoms with Gasteiger partial charge in [0.2, 0.25) is 0 Å². The van der Waals surface area contributed by atoms with Crippen molar-refractivity contribution < 1.29 is 13.2 Å². The van der Waals surface area contributed by atoms with Gasteiger partial charge >= 0.3 is 6.18 Å². The number of nitrogens with one attached hydrogen (secondary N) is 2. The van der Waals surface area contributed by atoms with E-state index in [9.17, 15) is 13.2 Å². The lowest BCUT2D eigenvalue weighted by molar-refractivity contribution is -0.137. The molecule has 3 aromatic carbocycles. The van der Waals surface area contributed by atoms with E-state index >= 15 is 0 Å². The summed E-state index contributed by atoms with van der Waals surface area (Å²) < 4.78 is 38.3. The molecule has 142 valence electrons. The summed E-state index contributed by atoms with van der Waals surface area (Å²) >= 11 is 5.16. The van der Waals surface area contributed by atoms with Crippen LogP contribution in [0.25, 0.3) is 0 Å². The lowest BCUT2D eigenvalue weighted by atomic mass is 10.2. The maximum absolute atomic E-state index is 12.8. The maximum Gasteiger partial charge on any atom is 0.416 e. The first-order chi connectivity index (χ1) is 13.4. The minimum Gasteiger partial charge on any atom is -0.332 e. The third-order valence-electron chi connectivity index (χ3n) is 3.61. The van der Waals surface area contributed by atoms with Gasteiger partial charge in [-0.2, -0.15) is 23.4 Å². The van der Waals surface area contributed by atoms with E-state index in [1.807, 2.05) is 30.3 Å². The van der Waals surface area contributed by atoms with Crippen LogP contribution in [0, 0.1) is 0 Å². The molecule has 8 heteroatoms. The second kappa shape index (κ2) is 8.62. The smallest absolute Gasteiger partial charge is 0.332 e. The van der Waals surface area contributed by atoms with Crippen LogP contribution in [0.4, 0.5) is 35.9 Å². The monoisotopic (exact) mass is 400 g/mol.